The van der Waals surface area contributed by atoms with Crippen LogP contribution >= 0.6 is 0 Å². The molecule has 0 spiro atoms. The summed E-state index contributed by atoms with van der Waals surface area (Å²) in [6.45, 7) is -0.944. The van der Waals surface area contributed by atoms with Gasteiger partial charge in [0.1, 0.15) is 5.75 Å². The van der Waals surface area contributed by atoms with Gasteiger partial charge in [-0.1, -0.05) is 12.1 Å². The second-order valence-corrected chi connectivity index (χ2v) is 4.58. The van der Waals surface area contributed by atoms with Gasteiger partial charge in [-0.05, 0) is 36.5 Å². The summed E-state index contributed by atoms with van der Waals surface area (Å²) in [6.07, 6.45) is -2.19. The molecule has 1 fully saturated rings. The number of nitrogens with one attached hydrogen (secondary N) is 1. The fraction of sp³-hybridized carbons (Fsp3) is 0.538. The zero-order chi connectivity index (χ0) is 13.2. The second kappa shape index (κ2) is 5.18. The van der Waals surface area contributed by atoms with Gasteiger partial charge in [0.05, 0.1) is 13.7 Å². The van der Waals surface area contributed by atoms with Gasteiger partial charge in [-0.2, -0.15) is 13.2 Å². The number of benzene rings is 1. The van der Waals surface area contributed by atoms with E-state index in [0.717, 1.165) is 18.4 Å². The van der Waals surface area contributed by atoms with Crippen LogP contribution in [0.1, 0.15) is 24.4 Å². The van der Waals surface area contributed by atoms with Crippen molar-refractivity contribution in [2.24, 2.45) is 5.92 Å². The van der Waals surface area contributed by atoms with Crippen LogP contribution in [-0.4, -0.2) is 19.8 Å². The summed E-state index contributed by atoms with van der Waals surface area (Å²) >= 11 is 0. The summed E-state index contributed by atoms with van der Waals surface area (Å²) in [5.41, 5.74) is 0.891. The molecule has 0 saturated heterocycles. The minimum Gasteiger partial charge on any atom is -0.497 e. The molecule has 1 unspecified atom stereocenters. The zero-order valence-corrected chi connectivity index (χ0v) is 10.1. The summed E-state index contributed by atoms with van der Waals surface area (Å²) < 4.78 is 41.8. The highest BCUT2D eigenvalue weighted by molar-refractivity contribution is 5.30. The van der Waals surface area contributed by atoms with Crippen LogP contribution in [0.4, 0.5) is 13.2 Å². The van der Waals surface area contributed by atoms with Crippen molar-refractivity contribution >= 4 is 0 Å². The highest BCUT2D eigenvalue weighted by Gasteiger charge is 2.35. The Hall–Kier alpha value is -1.23. The molecule has 0 heterocycles. The van der Waals surface area contributed by atoms with Gasteiger partial charge in [0.25, 0.3) is 0 Å². The number of methoxy groups -OCH3 is 1. The molecular formula is C13H16F3NO. The van der Waals surface area contributed by atoms with Crippen molar-refractivity contribution in [3.8, 4) is 5.75 Å². The lowest BCUT2D eigenvalue weighted by atomic mass is 10.0. The molecule has 1 N–H and O–H groups in total. The van der Waals surface area contributed by atoms with E-state index in [1.54, 1.807) is 19.2 Å². The molecule has 18 heavy (non-hydrogen) atoms. The van der Waals surface area contributed by atoms with E-state index in [0.29, 0.717) is 11.7 Å². The second-order valence-electron chi connectivity index (χ2n) is 4.58. The molecular weight excluding hydrogens is 243 g/mol. The number of halogens is 3. The first-order chi connectivity index (χ1) is 8.49. The van der Waals surface area contributed by atoms with E-state index in [-0.39, 0.29) is 6.04 Å². The van der Waals surface area contributed by atoms with Crippen LogP contribution in [0.25, 0.3) is 0 Å². The molecule has 1 aromatic carbocycles. The Bertz CT molecular complexity index is 384. The topological polar surface area (TPSA) is 21.3 Å². The fourth-order valence-corrected chi connectivity index (χ4v) is 2.02. The molecule has 1 aliphatic rings. The lowest BCUT2D eigenvalue weighted by Crippen LogP contribution is -2.33. The van der Waals surface area contributed by atoms with Crippen LogP contribution in [0.15, 0.2) is 24.3 Å². The molecule has 1 aliphatic carbocycles. The first-order valence-electron chi connectivity index (χ1n) is 5.93. The Morgan fingerprint density at radius 2 is 1.89 bits per heavy atom. The first-order valence-corrected chi connectivity index (χ1v) is 5.93. The maximum absolute atomic E-state index is 12.3. The van der Waals surface area contributed by atoms with Gasteiger partial charge in [0, 0.05) is 6.04 Å². The number of hydrogen-bond acceptors (Lipinski definition) is 2. The van der Waals surface area contributed by atoms with Crippen LogP contribution in [0.5, 0.6) is 5.75 Å². The molecule has 0 aliphatic heterocycles. The van der Waals surface area contributed by atoms with Gasteiger partial charge in [0.2, 0.25) is 0 Å². The largest absolute Gasteiger partial charge is 0.497 e. The summed E-state index contributed by atoms with van der Waals surface area (Å²) in [4.78, 5) is 0. The molecule has 0 radical (unpaired) electrons. The number of alkyl halides is 3. The van der Waals surface area contributed by atoms with Crippen LogP contribution in [-0.2, 0) is 0 Å². The highest BCUT2D eigenvalue weighted by atomic mass is 19.4. The summed E-state index contributed by atoms with van der Waals surface area (Å²) in [5, 5.41) is 2.61. The maximum Gasteiger partial charge on any atom is 0.401 e. The quantitative estimate of drug-likeness (QED) is 0.876. The van der Waals surface area contributed by atoms with E-state index in [4.69, 9.17) is 4.74 Å². The smallest absolute Gasteiger partial charge is 0.401 e. The maximum atomic E-state index is 12.3. The van der Waals surface area contributed by atoms with Gasteiger partial charge < -0.3 is 10.1 Å². The predicted octanol–water partition coefficient (Wildman–Crippen LogP) is 3.30. The molecule has 0 aromatic heterocycles. The molecule has 100 valence electrons. The third-order valence-corrected chi connectivity index (χ3v) is 3.09. The van der Waals surface area contributed by atoms with Gasteiger partial charge >= 0.3 is 6.18 Å². The van der Waals surface area contributed by atoms with E-state index >= 15 is 0 Å². The van der Waals surface area contributed by atoms with E-state index in [1.807, 2.05) is 12.1 Å². The Kier molecular flexibility index (Phi) is 3.80. The normalized spacial score (nSPS) is 17.6. The molecule has 0 amide bonds. The molecule has 5 heteroatoms. The standard InChI is InChI=1S/C13H16F3NO/c1-18-11-6-4-10(5-7-11)12(9-2-3-9)17-8-13(14,15)16/h4-7,9,12,17H,2-3,8H2,1H3. The van der Waals surface area contributed by atoms with Crippen molar-refractivity contribution in [2.45, 2.75) is 25.1 Å². The summed E-state index contributed by atoms with van der Waals surface area (Å²) in [6, 6.07) is 6.99. The summed E-state index contributed by atoms with van der Waals surface area (Å²) in [7, 11) is 1.56. The lowest BCUT2D eigenvalue weighted by molar-refractivity contribution is -0.126. The molecule has 0 bridgehead atoms. The van der Waals surface area contributed by atoms with Gasteiger partial charge in [0.15, 0.2) is 0 Å². The predicted molar refractivity (Wildman–Crippen MR) is 62.5 cm³/mol. The van der Waals surface area contributed by atoms with Crippen molar-refractivity contribution in [3.63, 3.8) is 0 Å². The van der Waals surface area contributed by atoms with E-state index in [1.165, 1.54) is 0 Å². The van der Waals surface area contributed by atoms with Crippen molar-refractivity contribution in [3.05, 3.63) is 29.8 Å². The molecule has 2 rings (SSSR count). The highest BCUT2D eigenvalue weighted by Crippen LogP contribution is 2.41. The van der Waals surface area contributed by atoms with Crippen LogP contribution < -0.4 is 10.1 Å². The van der Waals surface area contributed by atoms with E-state index < -0.39 is 12.7 Å². The van der Waals surface area contributed by atoms with E-state index in [2.05, 4.69) is 5.32 Å². The Balaban J connectivity index is 2.04. The van der Waals surface area contributed by atoms with Crippen LogP contribution in [0.2, 0.25) is 0 Å². The van der Waals surface area contributed by atoms with Crippen molar-refractivity contribution in [1.82, 2.24) is 5.32 Å². The first kappa shape index (κ1) is 13.2. The fourth-order valence-electron chi connectivity index (χ4n) is 2.02. The van der Waals surface area contributed by atoms with Crippen molar-refractivity contribution < 1.29 is 17.9 Å². The third kappa shape index (κ3) is 3.63. The average molecular weight is 259 g/mol. The van der Waals surface area contributed by atoms with E-state index in [9.17, 15) is 13.2 Å². The minimum atomic E-state index is -4.17. The van der Waals surface area contributed by atoms with Crippen molar-refractivity contribution in [1.29, 1.82) is 0 Å². The van der Waals surface area contributed by atoms with Crippen LogP contribution in [0, 0.1) is 5.92 Å². The minimum absolute atomic E-state index is 0.211. The van der Waals surface area contributed by atoms with Gasteiger partial charge in [-0.15, -0.1) is 0 Å². The number of ether oxygens (including phenoxy) is 1. The Morgan fingerprint density at radius 1 is 1.28 bits per heavy atom. The Morgan fingerprint density at radius 3 is 2.33 bits per heavy atom. The molecule has 1 aromatic rings. The zero-order valence-electron chi connectivity index (χ0n) is 10.1. The third-order valence-electron chi connectivity index (χ3n) is 3.09. The average Bonchev–Trinajstić information content (AvgIpc) is 3.13. The SMILES string of the molecule is COc1ccc(C(NCC(F)(F)F)C2CC2)cc1. The summed E-state index contributed by atoms with van der Waals surface area (Å²) in [5.74, 6) is 1.03. The lowest BCUT2D eigenvalue weighted by Gasteiger charge is -2.20. The monoisotopic (exact) mass is 259 g/mol. The molecule has 1 saturated carbocycles. The molecule has 2 nitrogen and oxygen atoms in total. The van der Waals surface area contributed by atoms with Gasteiger partial charge in [-0.25, -0.2) is 0 Å². The van der Waals surface area contributed by atoms with Crippen LogP contribution in [0.3, 0.4) is 0 Å². The Labute approximate surface area is 104 Å². The number of rotatable bonds is 5. The van der Waals surface area contributed by atoms with Crippen molar-refractivity contribution in [2.75, 3.05) is 13.7 Å². The van der Waals surface area contributed by atoms with Gasteiger partial charge in [-0.3, -0.25) is 0 Å². The molecule has 1 atom stereocenters. The number of hydrogen-bond donors (Lipinski definition) is 1.